The molecule has 0 aromatic carbocycles. The van der Waals surface area contributed by atoms with Crippen LogP contribution in [0.1, 0.15) is 20.8 Å². The zero-order valence-corrected chi connectivity index (χ0v) is 12.0. The summed E-state index contributed by atoms with van der Waals surface area (Å²) >= 11 is 0. The van der Waals surface area contributed by atoms with Crippen molar-refractivity contribution < 1.29 is 9.84 Å². The highest BCUT2D eigenvalue weighted by atomic mass is 16.5. The SMILES string of the molecule is CC(C)N1CC(COCC(C)N2CC(CO)C2)C1. The molecule has 0 saturated carbocycles. The van der Waals surface area contributed by atoms with Gasteiger partial charge in [-0.25, -0.2) is 0 Å². The van der Waals surface area contributed by atoms with Gasteiger partial charge in [0.25, 0.3) is 0 Å². The van der Waals surface area contributed by atoms with E-state index in [4.69, 9.17) is 9.84 Å². The van der Waals surface area contributed by atoms with Crippen molar-refractivity contribution >= 4 is 0 Å². The Bertz CT molecular complexity index is 248. The van der Waals surface area contributed by atoms with Crippen LogP contribution in [0.5, 0.6) is 0 Å². The van der Waals surface area contributed by atoms with Crippen molar-refractivity contribution in [2.45, 2.75) is 32.9 Å². The fraction of sp³-hybridized carbons (Fsp3) is 1.00. The first-order valence-corrected chi connectivity index (χ1v) is 7.26. The molecule has 2 fully saturated rings. The van der Waals surface area contributed by atoms with Crippen molar-refractivity contribution in [3.8, 4) is 0 Å². The number of hydrogen-bond acceptors (Lipinski definition) is 4. The minimum atomic E-state index is 0.331. The second-order valence-corrected chi connectivity index (χ2v) is 6.30. The van der Waals surface area contributed by atoms with Crippen molar-refractivity contribution in [2.75, 3.05) is 46.0 Å². The van der Waals surface area contributed by atoms with Crippen molar-refractivity contribution in [3.05, 3.63) is 0 Å². The molecule has 1 atom stereocenters. The molecule has 1 N–H and O–H groups in total. The van der Waals surface area contributed by atoms with E-state index in [1.54, 1.807) is 0 Å². The molecule has 0 aliphatic carbocycles. The second-order valence-electron chi connectivity index (χ2n) is 6.30. The monoisotopic (exact) mass is 256 g/mol. The molecule has 2 saturated heterocycles. The molecule has 106 valence electrons. The van der Waals surface area contributed by atoms with Gasteiger partial charge in [-0.3, -0.25) is 4.90 Å². The molecule has 4 nitrogen and oxygen atoms in total. The van der Waals surface area contributed by atoms with Crippen molar-refractivity contribution in [2.24, 2.45) is 11.8 Å². The maximum absolute atomic E-state index is 8.98. The lowest BCUT2D eigenvalue weighted by Crippen LogP contribution is -2.54. The van der Waals surface area contributed by atoms with Crippen LogP contribution >= 0.6 is 0 Å². The van der Waals surface area contributed by atoms with Gasteiger partial charge in [0.1, 0.15) is 0 Å². The van der Waals surface area contributed by atoms with Crippen LogP contribution in [0.25, 0.3) is 0 Å². The molecule has 0 amide bonds. The molecular weight excluding hydrogens is 228 g/mol. The number of hydrogen-bond donors (Lipinski definition) is 1. The van der Waals surface area contributed by atoms with Crippen LogP contribution in [0.4, 0.5) is 0 Å². The predicted octanol–water partition coefficient (Wildman–Crippen LogP) is 0.656. The lowest BCUT2D eigenvalue weighted by atomic mass is 9.99. The fourth-order valence-corrected chi connectivity index (χ4v) is 2.73. The number of ether oxygens (including phenoxy) is 1. The molecule has 0 radical (unpaired) electrons. The highest BCUT2D eigenvalue weighted by Crippen LogP contribution is 2.20. The molecule has 2 aliphatic heterocycles. The molecule has 0 spiro atoms. The van der Waals surface area contributed by atoms with Gasteiger partial charge in [-0.2, -0.15) is 0 Å². The maximum Gasteiger partial charge on any atom is 0.0619 e. The number of nitrogens with zero attached hydrogens (tertiary/aromatic N) is 2. The zero-order chi connectivity index (χ0) is 13.1. The molecule has 4 heteroatoms. The number of aliphatic hydroxyl groups excluding tert-OH is 1. The van der Waals surface area contributed by atoms with E-state index in [0.29, 0.717) is 24.6 Å². The lowest BCUT2D eigenvalue weighted by molar-refractivity contribution is -0.0396. The Morgan fingerprint density at radius 1 is 1.06 bits per heavy atom. The minimum absolute atomic E-state index is 0.331. The number of rotatable bonds is 7. The van der Waals surface area contributed by atoms with Crippen LogP contribution in [0.3, 0.4) is 0 Å². The van der Waals surface area contributed by atoms with Crippen molar-refractivity contribution in [1.82, 2.24) is 9.80 Å². The van der Waals surface area contributed by atoms with E-state index in [1.165, 1.54) is 13.1 Å². The Labute approximate surface area is 111 Å². The Morgan fingerprint density at radius 2 is 1.67 bits per heavy atom. The molecule has 2 aliphatic rings. The summed E-state index contributed by atoms with van der Waals surface area (Å²) in [6.07, 6.45) is 0. The largest absolute Gasteiger partial charge is 0.396 e. The van der Waals surface area contributed by atoms with Gasteiger partial charge < -0.3 is 14.7 Å². The smallest absolute Gasteiger partial charge is 0.0619 e. The Balaban J connectivity index is 1.49. The average Bonchev–Trinajstić information content (AvgIpc) is 2.19. The van der Waals surface area contributed by atoms with Gasteiger partial charge >= 0.3 is 0 Å². The molecule has 0 bridgehead atoms. The van der Waals surface area contributed by atoms with Crippen LogP contribution in [-0.4, -0.2) is 73.0 Å². The fourth-order valence-electron chi connectivity index (χ4n) is 2.73. The number of aliphatic hydroxyl groups is 1. The summed E-state index contributed by atoms with van der Waals surface area (Å²) in [5.41, 5.74) is 0. The quantitative estimate of drug-likeness (QED) is 0.726. The minimum Gasteiger partial charge on any atom is -0.396 e. The molecule has 0 aromatic rings. The average molecular weight is 256 g/mol. The third-order valence-corrected chi connectivity index (χ3v) is 4.30. The second kappa shape index (κ2) is 6.33. The summed E-state index contributed by atoms with van der Waals surface area (Å²) in [6, 6.07) is 1.17. The molecule has 18 heavy (non-hydrogen) atoms. The summed E-state index contributed by atoms with van der Waals surface area (Å²) in [5.74, 6) is 1.24. The van der Waals surface area contributed by atoms with E-state index in [9.17, 15) is 0 Å². The molecule has 1 unspecified atom stereocenters. The highest BCUT2D eigenvalue weighted by Gasteiger charge is 2.31. The summed E-state index contributed by atoms with van der Waals surface area (Å²) in [7, 11) is 0. The maximum atomic E-state index is 8.98. The Morgan fingerprint density at radius 3 is 2.22 bits per heavy atom. The standard InChI is InChI=1S/C14H28N2O2/c1-11(2)15-6-14(7-15)10-18-9-12(3)16-4-13(5-16)8-17/h11-14,17H,4-10H2,1-3H3. The van der Waals surface area contributed by atoms with Crippen LogP contribution in [0, 0.1) is 11.8 Å². The van der Waals surface area contributed by atoms with Crippen LogP contribution < -0.4 is 0 Å². The van der Waals surface area contributed by atoms with E-state index in [2.05, 4.69) is 30.6 Å². The molecule has 0 aromatic heterocycles. The van der Waals surface area contributed by atoms with Crippen molar-refractivity contribution in [3.63, 3.8) is 0 Å². The normalized spacial score (nSPS) is 25.2. The van der Waals surface area contributed by atoms with E-state index in [-0.39, 0.29) is 0 Å². The molecule has 2 heterocycles. The summed E-state index contributed by atoms with van der Waals surface area (Å²) in [6.45, 7) is 13.2. The topological polar surface area (TPSA) is 35.9 Å². The Hall–Kier alpha value is -0.160. The van der Waals surface area contributed by atoms with Gasteiger partial charge in [0.15, 0.2) is 0 Å². The van der Waals surface area contributed by atoms with Gasteiger partial charge in [-0.1, -0.05) is 0 Å². The highest BCUT2D eigenvalue weighted by molar-refractivity contribution is 4.84. The van der Waals surface area contributed by atoms with Crippen LogP contribution in [0.2, 0.25) is 0 Å². The Kier molecular flexibility index (Phi) is 5.01. The summed E-state index contributed by atoms with van der Waals surface area (Å²) in [4.78, 5) is 4.88. The van der Waals surface area contributed by atoms with Crippen LogP contribution in [-0.2, 0) is 4.74 Å². The van der Waals surface area contributed by atoms with Gasteiger partial charge in [0.2, 0.25) is 0 Å². The van der Waals surface area contributed by atoms with Gasteiger partial charge in [0.05, 0.1) is 13.2 Å². The zero-order valence-electron chi connectivity index (χ0n) is 12.0. The summed E-state index contributed by atoms with van der Waals surface area (Å²) < 4.78 is 5.82. The van der Waals surface area contributed by atoms with Crippen LogP contribution in [0.15, 0.2) is 0 Å². The first-order valence-electron chi connectivity index (χ1n) is 7.26. The molecular formula is C14H28N2O2. The van der Waals surface area contributed by atoms with Gasteiger partial charge in [-0.05, 0) is 20.8 Å². The van der Waals surface area contributed by atoms with E-state index in [1.807, 2.05) is 0 Å². The lowest BCUT2D eigenvalue weighted by Gasteiger charge is -2.43. The van der Waals surface area contributed by atoms with Crippen molar-refractivity contribution in [1.29, 1.82) is 0 Å². The van der Waals surface area contributed by atoms with Gasteiger partial charge in [0, 0.05) is 56.7 Å². The summed E-state index contributed by atoms with van der Waals surface area (Å²) in [5, 5.41) is 8.98. The predicted molar refractivity (Wildman–Crippen MR) is 72.6 cm³/mol. The molecule has 2 rings (SSSR count). The third kappa shape index (κ3) is 3.44. The van der Waals surface area contributed by atoms with E-state index in [0.717, 1.165) is 32.2 Å². The van der Waals surface area contributed by atoms with E-state index < -0.39 is 0 Å². The first-order chi connectivity index (χ1) is 8.60. The first kappa shape index (κ1) is 14.3. The van der Waals surface area contributed by atoms with Gasteiger partial charge in [-0.15, -0.1) is 0 Å². The number of likely N-dealkylation sites (tertiary alicyclic amines) is 2. The third-order valence-electron chi connectivity index (χ3n) is 4.30. The van der Waals surface area contributed by atoms with E-state index >= 15 is 0 Å².